The van der Waals surface area contributed by atoms with E-state index in [1.807, 2.05) is 12.1 Å². The fourth-order valence-electron chi connectivity index (χ4n) is 2.20. The molecule has 2 rings (SSSR count). The fraction of sp³-hybridized carbons (Fsp3) is 0.222. The molecular weight excluding hydrogens is 350 g/mol. The van der Waals surface area contributed by atoms with Crippen LogP contribution >= 0.6 is 11.6 Å². The lowest BCUT2D eigenvalue weighted by Gasteiger charge is -2.21. The number of nitrogens with one attached hydrogen (secondary N) is 1. The first-order valence-corrected chi connectivity index (χ1v) is 7.98. The van der Waals surface area contributed by atoms with Crippen LogP contribution in [0.4, 0.5) is 8.78 Å². The van der Waals surface area contributed by atoms with Crippen molar-refractivity contribution in [2.75, 3.05) is 13.1 Å². The molecule has 0 aromatic heterocycles. The molecule has 2 aromatic rings. The number of benzene rings is 2. The Kier molecular flexibility index (Phi) is 6.47. The van der Waals surface area contributed by atoms with Gasteiger partial charge in [-0.1, -0.05) is 23.7 Å². The summed E-state index contributed by atoms with van der Waals surface area (Å²) < 4.78 is 26.0. The van der Waals surface area contributed by atoms with Crippen LogP contribution in [0.15, 0.2) is 42.5 Å². The Hall–Kier alpha value is -2.47. The highest BCUT2D eigenvalue weighted by Gasteiger charge is 2.12. The molecule has 0 aliphatic rings. The van der Waals surface area contributed by atoms with Crippen molar-refractivity contribution in [1.82, 2.24) is 10.2 Å². The molecule has 25 heavy (non-hydrogen) atoms. The summed E-state index contributed by atoms with van der Waals surface area (Å²) in [7, 11) is 0. The van der Waals surface area contributed by atoms with Gasteiger partial charge in [0.2, 0.25) is 5.91 Å². The summed E-state index contributed by atoms with van der Waals surface area (Å²) in [4.78, 5) is 25.2. The van der Waals surface area contributed by atoms with Crippen LogP contribution in [0.1, 0.15) is 22.8 Å². The van der Waals surface area contributed by atoms with Gasteiger partial charge in [-0.3, -0.25) is 9.59 Å². The van der Waals surface area contributed by atoms with Gasteiger partial charge < -0.3 is 10.2 Å². The summed E-state index contributed by atoms with van der Waals surface area (Å²) in [5.41, 5.74) is 0.928. The van der Waals surface area contributed by atoms with Crippen LogP contribution in [0.25, 0.3) is 0 Å². The van der Waals surface area contributed by atoms with Gasteiger partial charge in [-0.05, 0) is 35.9 Å². The fourth-order valence-corrected chi connectivity index (χ4v) is 2.33. The van der Waals surface area contributed by atoms with Crippen LogP contribution in [-0.4, -0.2) is 29.8 Å². The zero-order chi connectivity index (χ0) is 18.4. The number of halogens is 3. The molecule has 0 saturated carbocycles. The first-order chi connectivity index (χ1) is 11.9. The molecule has 7 heteroatoms. The Labute approximate surface area is 149 Å². The van der Waals surface area contributed by atoms with Gasteiger partial charge in [0.1, 0.15) is 0 Å². The standard InChI is InChI=1S/C18H17ClF2N2O2/c1-12(24)23(11-13-2-5-15(19)6-3-13)9-8-22-18(25)14-4-7-16(20)17(21)10-14/h2-7,10H,8-9,11H2,1H3,(H,22,25). The number of rotatable bonds is 6. The van der Waals surface area contributed by atoms with Crippen molar-refractivity contribution in [1.29, 1.82) is 0 Å². The molecule has 0 unspecified atom stereocenters. The monoisotopic (exact) mass is 366 g/mol. The highest BCUT2D eigenvalue weighted by molar-refractivity contribution is 6.30. The topological polar surface area (TPSA) is 49.4 Å². The number of amides is 2. The van der Waals surface area contributed by atoms with E-state index in [-0.39, 0.29) is 24.6 Å². The summed E-state index contributed by atoms with van der Waals surface area (Å²) in [6, 6.07) is 10.0. The van der Waals surface area contributed by atoms with E-state index in [4.69, 9.17) is 11.6 Å². The maximum Gasteiger partial charge on any atom is 0.251 e. The van der Waals surface area contributed by atoms with Crippen molar-refractivity contribution in [3.05, 3.63) is 70.2 Å². The molecule has 0 bridgehead atoms. The van der Waals surface area contributed by atoms with E-state index in [1.54, 1.807) is 17.0 Å². The molecule has 132 valence electrons. The van der Waals surface area contributed by atoms with Gasteiger partial charge in [0.25, 0.3) is 5.91 Å². The molecule has 2 aromatic carbocycles. The summed E-state index contributed by atoms with van der Waals surface area (Å²) in [5.74, 6) is -2.77. The minimum Gasteiger partial charge on any atom is -0.350 e. The van der Waals surface area contributed by atoms with Crippen molar-refractivity contribution < 1.29 is 18.4 Å². The molecule has 0 aliphatic carbocycles. The van der Waals surface area contributed by atoms with Crippen LogP contribution < -0.4 is 5.32 Å². The van der Waals surface area contributed by atoms with Crippen LogP contribution in [-0.2, 0) is 11.3 Å². The Morgan fingerprint density at radius 2 is 1.76 bits per heavy atom. The zero-order valence-electron chi connectivity index (χ0n) is 13.6. The lowest BCUT2D eigenvalue weighted by molar-refractivity contribution is -0.129. The van der Waals surface area contributed by atoms with Gasteiger partial charge in [0.15, 0.2) is 11.6 Å². The Bertz CT molecular complexity index is 766. The summed E-state index contributed by atoms with van der Waals surface area (Å²) in [5, 5.41) is 3.19. The minimum atomic E-state index is -1.08. The third-order valence-corrected chi connectivity index (χ3v) is 3.83. The zero-order valence-corrected chi connectivity index (χ0v) is 14.3. The maximum absolute atomic E-state index is 13.1. The third-order valence-electron chi connectivity index (χ3n) is 3.58. The van der Waals surface area contributed by atoms with Crippen molar-refractivity contribution in [2.45, 2.75) is 13.5 Å². The van der Waals surface area contributed by atoms with Gasteiger partial charge >= 0.3 is 0 Å². The van der Waals surface area contributed by atoms with Crippen LogP contribution in [0.5, 0.6) is 0 Å². The number of nitrogens with zero attached hydrogens (tertiary/aromatic N) is 1. The van der Waals surface area contributed by atoms with Gasteiger partial charge in [-0.2, -0.15) is 0 Å². The second-order valence-electron chi connectivity index (χ2n) is 5.45. The largest absolute Gasteiger partial charge is 0.350 e. The molecule has 0 radical (unpaired) electrons. The lowest BCUT2D eigenvalue weighted by Crippen LogP contribution is -2.37. The van der Waals surface area contributed by atoms with Crippen LogP contribution in [0, 0.1) is 11.6 Å². The molecule has 1 N–H and O–H groups in total. The van der Waals surface area contributed by atoms with Crippen molar-refractivity contribution >= 4 is 23.4 Å². The van der Waals surface area contributed by atoms with Crippen LogP contribution in [0.3, 0.4) is 0 Å². The first kappa shape index (κ1) is 18.9. The number of hydrogen-bond acceptors (Lipinski definition) is 2. The lowest BCUT2D eigenvalue weighted by atomic mass is 10.2. The number of hydrogen-bond donors (Lipinski definition) is 1. The molecule has 0 fully saturated rings. The number of carbonyl (C=O) groups is 2. The molecule has 4 nitrogen and oxygen atoms in total. The van der Waals surface area contributed by atoms with Gasteiger partial charge in [-0.15, -0.1) is 0 Å². The molecule has 0 saturated heterocycles. The smallest absolute Gasteiger partial charge is 0.251 e. The third kappa shape index (κ3) is 5.53. The predicted molar refractivity (Wildman–Crippen MR) is 91.2 cm³/mol. The van der Waals surface area contributed by atoms with Crippen LogP contribution in [0.2, 0.25) is 5.02 Å². The quantitative estimate of drug-likeness (QED) is 0.851. The van der Waals surface area contributed by atoms with Crippen molar-refractivity contribution in [3.8, 4) is 0 Å². The van der Waals surface area contributed by atoms with Gasteiger partial charge in [0, 0.05) is 37.1 Å². The van der Waals surface area contributed by atoms with E-state index in [0.717, 1.165) is 17.7 Å². The molecular formula is C18H17ClF2N2O2. The van der Waals surface area contributed by atoms with Gasteiger partial charge in [-0.25, -0.2) is 8.78 Å². The first-order valence-electron chi connectivity index (χ1n) is 7.60. The minimum absolute atomic E-state index is 0.0194. The molecule has 0 spiro atoms. The average Bonchev–Trinajstić information content (AvgIpc) is 2.58. The Morgan fingerprint density at radius 3 is 2.36 bits per heavy atom. The highest BCUT2D eigenvalue weighted by Crippen LogP contribution is 2.12. The molecule has 0 atom stereocenters. The summed E-state index contributed by atoms with van der Waals surface area (Å²) in [6.45, 7) is 2.29. The summed E-state index contributed by atoms with van der Waals surface area (Å²) >= 11 is 5.83. The Morgan fingerprint density at radius 1 is 1.08 bits per heavy atom. The van der Waals surface area contributed by atoms with E-state index in [0.29, 0.717) is 11.6 Å². The van der Waals surface area contributed by atoms with E-state index in [1.165, 1.54) is 13.0 Å². The second-order valence-corrected chi connectivity index (χ2v) is 5.89. The number of carbonyl (C=O) groups excluding carboxylic acids is 2. The summed E-state index contributed by atoms with van der Waals surface area (Å²) in [6.07, 6.45) is 0. The van der Waals surface area contributed by atoms with E-state index >= 15 is 0 Å². The van der Waals surface area contributed by atoms with E-state index < -0.39 is 17.5 Å². The predicted octanol–water partition coefficient (Wildman–Crippen LogP) is 3.40. The second kappa shape index (κ2) is 8.58. The highest BCUT2D eigenvalue weighted by atomic mass is 35.5. The van der Waals surface area contributed by atoms with Crippen molar-refractivity contribution in [3.63, 3.8) is 0 Å². The normalized spacial score (nSPS) is 10.4. The van der Waals surface area contributed by atoms with E-state index in [2.05, 4.69) is 5.32 Å². The Balaban J connectivity index is 1.90. The van der Waals surface area contributed by atoms with E-state index in [9.17, 15) is 18.4 Å². The average molecular weight is 367 g/mol. The molecule has 0 aliphatic heterocycles. The maximum atomic E-state index is 13.1. The molecule has 2 amide bonds. The SMILES string of the molecule is CC(=O)N(CCNC(=O)c1ccc(F)c(F)c1)Cc1ccc(Cl)cc1. The molecule has 0 heterocycles. The van der Waals surface area contributed by atoms with Gasteiger partial charge in [0.05, 0.1) is 0 Å². The van der Waals surface area contributed by atoms with Crippen molar-refractivity contribution in [2.24, 2.45) is 0 Å².